The summed E-state index contributed by atoms with van der Waals surface area (Å²) in [6, 6.07) is 39.6. The molecule has 0 saturated carbocycles. The molecule has 0 saturated heterocycles. The number of aromatic nitrogens is 2. The molecule has 6 heterocycles. The molecule has 0 aliphatic carbocycles. The maximum atomic E-state index is 5.84. The zero-order chi connectivity index (χ0) is 35.0. The second-order valence-corrected chi connectivity index (χ2v) is 18.1. The Bertz CT molecular complexity index is 2590. The minimum atomic E-state index is -0.930. The molecule has 6 aromatic rings. The number of rotatable bonds is 2. The third kappa shape index (κ3) is 3.88. The summed E-state index contributed by atoms with van der Waals surface area (Å²) < 4.78 is 5.12. The molecule has 7 heteroatoms. The first-order valence-electron chi connectivity index (χ1n) is 17.6. The first-order valence-corrected chi connectivity index (χ1v) is 20.0. The van der Waals surface area contributed by atoms with Crippen molar-refractivity contribution in [2.75, 3.05) is 14.1 Å². The van der Waals surface area contributed by atoms with Gasteiger partial charge in [0.25, 0.3) is 0 Å². The van der Waals surface area contributed by atoms with E-state index >= 15 is 0 Å². The summed E-state index contributed by atoms with van der Waals surface area (Å²) in [6.07, 6.45) is 8.95. The van der Waals surface area contributed by atoms with E-state index in [-0.39, 0.29) is 16.9 Å². The van der Waals surface area contributed by atoms with E-state index in [2.05, 4.69) is 182 Å². The Kier molecular flexibility index (Phi) is 6.29. The van der Waals surface area contributed by atoms with Crippen LogP contribution in [0.4, 0.5) is 0 Å². The Morgan fingerprint density at radius 1 is 0.706 bits per heavy atom. The summed E-state index contributed by atoms with van der Waals surface area (Å²) in [5.74, 6) is 0. The normalized spacial score (nSPS) is 22.9. The fourth-order valence-electron chi connectivity index (χ4n) is 8.74. The van der Waals surface area contributed by atoms with Crippen molar-refractivity contribution in [3.05, 3.63) is 156 Å². The second-order valence-electron chi connectivity index (χ2n) is 15.4. The zero-order valence-corrected chi connectivity index (χ0v) is 32.3. The van der Waals surface area contributed by atoms with Crippen LogP contribution in [-0.4, -0.2) is 51.6 Å². The molecule has 257 valence electrons. The van der Waals surface area contributed by atoms with Crippen LogP contribution in [0.1, 0.15) is 74.3 Å². The molecule has 2 aromatic heterocycles. The summed E-state index contributed by atoms with van der Waals surface area (Å²) in [6.45, 7) is 12.0. The molecule has 4 aliphatic heterocycles. The Hall–Kier alpha value is -4.84. The van der Waals surface area contributed by atoms with Gasteiger partial charge < -0.3 is 0 Å². The number of nitrogens with zero attached hydrogens (tertiary/aromatic N) is 6. The minimum absolute atomic E-state index is 0.174. The van der Waals surface area contributed by atoms with E-state index in [1.54, 1.807) is 0 Å². The SMILES string of the molecule is CN1C=CN2[C]1=[Ir]=[C]1N(C)C=CN1C(C)(c1[c-]cccc1)c1[c-]c3c(cc1)c1cccc4c1n1c(c(nc31)[C@H]2c1[c-]cccc1)C(C)(C)C4(C)C. The Morgan fingerprint density at radius 3 is 2.24 bits per heavy atom. The van der Waals surface area contributed by atoms with Crippen molar-refractivity contribution < 1.29 is 16.8 Å². The Labute approximate surface area is 306 Å². The molecule has 4 bridgehead atoms. The van der Waals surface area contributed by atoms with Crippen LogP contribution < -0.4 is 0 Å². The number of pyridine rings is 1. The van der Waals surface area contributed by atoms with Crippen molar-refractivity contribution in [3.8, 4) is 0 Å². The first-order chi connectivity index (χ1) is 24.5. The number of benzene rings is 4. The van der Waals surface area contributed by atoms with Gasteiger partial charge in [0.1, 0.15) is 0 Å². The molecule has 4 aromatic carbocycles. The molecule has 6 nitrogen and oxygen atoms in total. The van der Waals surface area contributed by atoms with Crippen molar-refractivity contribution in [1.29, 1.82) is 0 Å². The number of fused-ring (bicyclic) bond motifs is 6. The monoisotopic (exact) mass is 844 g/mol. The number of hydrogen-bond acceptors (Lipinski definition) is 5. The molecule has 10 rings (SSSR count). The molecule has 1 unspecified atom stereocenters. The van der Waals surface area contributed by atoms with E-state index in [4.69, 9.17) is 4.98 Å². The van der Waals surface area contributed by atoms with Crippen molar-refractivity contribution in [3.63, 3.8) is 0 Å². The van der Waals surface area contributed by atoms with Crippen molar-refractivity contribution in [1.82, 2.24) is 29.0 Å². The van der Waals surface area contributed by atoms with Crippen LogP contribution in [0.5, 0.6) is 0 Å². The first kappa shape index (κ1) is 30.9. The van der Waals surface area contributed by atoms with Crippen LogP contribution in [-0.2, 0) is 33.2 Å². The van der Waals surface area contributed by atoms with E-state index in [0.717, 1.165) is 33.4 Å². The molecule has 0 amide bonds. The molecule has 0 radical (unpaired) electrons. The van der Waals surface area contributed by atoms with E-state index in [9.17, 15) is 0 Å². The quantitative estimate of drug-likeness (QED) is 0.132. The van der Waals surface area contributed by atoms with E-state index in [1.165, 1.54) is 36.1 Å². The van der Waals surface area contributed by atoms with Crippen LogP contribution in [0.2, 0.25) is 0 Å². The van der Waals surface area contributed by atoms with Crippen LogP contribution in [0.15, 0.2) is 104 Å². The van der Waals surface area contributed by atoms with E-state index in [0.29, 0.717) is 0 Å². The summed E-state index contributed by atoms with van der Waals surface area (Å²) >= 11 is -0.930. The molecule has 4 aliphatic rings. The number of para-hydroxylation sites is 1. The summed E-state index contributed by atoms with van der Waals surface area (Å²) in [7, 11) is 4.38. The predicted octanol–water partition coefficient (Wildman–Crippen LogP) is 7.67. The van der Waals surface area contributed by atoms with Gasteiger partial charge in [0.05, 0.1) is 0 Å². The van der Waals surface area contributed by atoms with Gasteiger partial charge in [-0.25, -0.2) is 0 Å². The van der Waals surface area contributed by atoms with Gasteiger partial charge in [-0.05, 0) is 0 Å². The van der Waals surface area contributed by atoms with Gasteiger partial charge >= 0.3 is 308 Å². The van der Waals surface area contributed by atoms with E-state index < -0.39 is 22.3 Å². The Balaban J connectivity index is 1.46. The van der Waals surface area contributed by atoms with Crippen LogP contribution in [0.25, 0.3) is 27.3 Å². The average Bonchev–Trinajstić information content (AvgIpc) is 3.83. The van der Waals surface area contributed by atoms with Crippen molar-refractivity contribution in [2.45, 2.75) is 57.0 Å². The topological polar surface area (TPSA) is 30.3 Å². The molecule has 51 heavy (non-hydrogen) atoms. The molecule has 0 spiro atoms. The molecule has 0 N–H and O–H groups in total. The van der Waals surface area contributed by atoms with Crippen LogP contribution >= 0.6 is 0 Å². The Morgan fingerprint density at radius 2 is 1.47 bits per heavy atom. The molecule has 0 fully saturated rings. The van der Waals surface area contributed by atoms with Gasteiger partial charge in [0.15, 0.2) is 0 Å². The molecule has 2 atom stereocenters. The summed E-state index contributed by atoms with van der Waals surface area (Å²) in [5.41, 5.74) is 8.20. The summed E-state index contributed by atoms with van der Waals surface area (Å²) in [5, 5.41) is 3.46. The van der Waals surface area contributed by atoms with Crippen LogP contribution in [0, 0.1) is 18.2 Å². The molecular formula is C44H39IrN6-3. The fourth-order valence-corrected chi connectivity index (χ4v) is 12.2. The van der Waals surface area contributed by atoms with Crippen molar-refractivity contribution >= 4 is 35.9 Å². The maximum absolute atomic E-state index is 5.84. The van der Waals surface area contributed by atoms with Gasteiger partial charge in [-0.3, -0.25) is 0 Å². The third-order valence-electron chi connectivity index (χ3n) is 12.2. The zero-order valence-electron chi connectivity index (χ0n) is 29.9. The molecular weight excluding hydrogens is 805 g/mol. The van der Waals surface area contributed by atoms with Gasteiger partial charge in [-0.2, -0.15) is 0 Å². The second kappa shape index (κ2) is 10.4. The number of imidazole rings is 1. The van der Waals surface area contributed by atoms with Gasteiger partial charge in [0.2, 0.25) is 0 Å². The standard InChI is InChI=1S/C44H39N6.Ir/c1-42(2)36-20-14-19-34-33-22-21-32(44(5,31-17-12-9-13-18-31)49-26-24-47(7)29-49)27-35(33)41-45-37(40(43(42,3)4)50(41)39(34)36)38(30-15-10-8-11-16-30)48-25-23-46(6)28-48;/h8-15,17,19-26,38H,1-7H3;/q-3;/t38-,44?;/m1./s1. The van der Waals surface area contributed by atoms with Crippen LogP contribution in [0.3, 0.4) is 0 Å². The fraction of sp³-hybridized carbons (Fsp3) is 0.250. The van der Waals surface area contributed by atoms with E-state index in [1.807, 2.05) is 12.1 Å². The van der Waals surface area contributed by atoms with Gasteiger partial charge in [-0.15, -0.1) is 0 Å². The van der Waals surface area contributed by atoms with Crippen molar-refractivity contribution in [2.24, 2.45) is 0 Å². The average molecular weight is 844 g/mol. The predicted molar refractivity (Wildman–Crippen MR) is 201 cm³/mol. The third-order valence-corrected chi connectivity index (χ3v) is 16.2. The van der Waals surface area contributed by atoms with Gasteiger partial charge in [-0.1, -0.05) is 0 Å². The number of hydrogen-bond donors (Lipinski definition) is 0. The van der Waals surface area contributed by atoms with Gasteiger partial charge in [0, 0.05) is 0 Å². The summed E-state index contributed by atoms with van der Waals surface area (Å²) in [4.78, 5) is 15.5.